The molecule has 2 heteroatoms. The SMILES string of the molecule is CCCC[N+](C)(C)Cc1ccc(C(=O)c2ccccc2)cc1. The van der Waals surface area contributed by atoms with Crippen LogP contribution in [0.2, 0.25) is 0 Å². The number of hydrogen-bond donors (Lipinski definition) is 0. The highest BCUT2D eigenvalue weighted by molar-refractivity contribution is 6.08. The predicted octanol–water partition coefficient (Wildman–Crippen LogP) is 4.29. The van der Waals surface area contributed by atoms with Gasteiger partial charge in [0.25, 0.3) is 0 Å². The van der Waals surface area contributed by atoms with E-state index in [1.54, 1.807) is 0 Å². The van der Waals surface area contributed by atoms with Gasteiger partial charge in [0.05, 0.1) is 20.6 Å². The minimum absolute atomic E-state index is 0.0897. The molecule has 2 rings (SSSR count). The van der Waals surface area contributed by atoms with Crippen molar-refractivity contribution < 1.29 is 9.28 Å². The van der Waals surface area contributed by atoms with Crippen LogP contribution in [0.3, 0.4) is 0 Å². The van der Waals surface area contributed by atoms with E-state index in [-0.39, 0.29) is 5.78 Å². The zero-order chi connectivity index (χ0) is 16.0. The molecule has 0 unspecified atom stereocenters. The summed E-state index contributed by atoms with van der Waals surface area (Å²) in [4.78, 5) is 12.4. The lowest BCUT2D eigenvalue weighted by atomic mass is 10.0. The molecule has 0 spiro atoms. The number of ketones is 1. The minimum atomic E-state index is 0.0897. The number of unbranched alkanes of at least 4 members (excludes halogenated alkanes) is 1. The molecule has 0 aliphatic carbocycles. The zero-order valence-corrected chi connectivity index (χ0v) is 13.9. The van der Waals surface area contributed by atoms with Gasteiger partial charge in [0.2, 0.25) is 0 Å². The molecule has 0 atom stereocenters. The Kier molecular flexibility index (Phi) is 5.51. The number of hydrogen-bond acceptors (Lipinski definition) is 1. The van der Waals surface area contributed by atoms with Gasteiger partial charge in [-0.25, -0.2) is 0 Å². The maximum absolute atomic E-state index is 12.4. The topological polar surface area (TPSA) is 17.1 Å². The standard InChI is InChI=1S/C20H26NO/c1-4-5-15-21(2,3)16-17-11-13-19(14-12-17)20(22)18-9-7-6-8-10-18/h6-14H,4-5,15-16H2,1-3H3/q+1. The Hall–Kier alpha value is -1.93. The van der Waals surface area contributed by atoms with Crippen LogP contribution < -0.4 is 0 Å². The molecule has 0 N–H and O–H groups in total. The van der Waals surface area contributed by atoms with Crippen molar-refractivity contribution in [2.24, 2.45) is 0 Å². The molecule has 0 heterocycles. The first-order valence-corrected chi connectivity index (χ1v) is 8.02. The van der Waals surface area contributed by atoms with Crippen LogP contribution in [0.4, 0.5) is 0 Å². The Morgan fingerprint density at radius 3 is 2.09 bits per heavy atom. The van der Waals surface area contributed by atoms with Crippen LogP contribution >= 0.6 is 0 Å². The molecule has 0 aliphatic heterocycles. The maximum Gasteiger partial charge on any atom is 0.193 e. The number of rotatable bonds is 7. The van der Waals surface area contributed by atoms with E-state index in [0.717, 1.165) is 22.2 Å². The van der Waals surface area contributed by atoms with Crippen LogP contribution in [0.1, 0.15) is 41.3 Å². The fourth-order valence-corrected chi connectivity index (χ4v) is 2.68. The van der Waals surface area contributed by atoms with E-state index in [0.29, 0.717) is 0 Å². The third kappa shape index (κ3) is 4.54. The second-order valence-corrected chi connectivity index (χ2v) is 6.56. The summed E-state index contributed by atoms with van der Waals surface area (Å²) >= 11 is 0. The van der Waals surface area contributed by atoms with Crippen molar-refractivity contribution in [1.82, 2.24) is 0 Å². The molecule has 22 heavy (non-hydrogen) atoms. The second kappa shape index (κ2) is 7.37. The first-order chi connectivity index (χ1) is 10.5. The van der Waals surface area contributed by atoms with E-state index >= 15 is 0 Å². The van der Waals surface area contributed by atoms with Crippen molar-refractivity contribution >= 4 is 5.78 Å². The lowest BCUT2D eigenvalue weighted by Crippen LogP contribution is -2.39. The molecular weight excluding hydrogens is 270 g/mol. The smallest absolute Gasteiger partial charge is 0.193 e. The van der Waals surface area contributed by atoms with Crippen LogP contribution in [0.15, 0.2) is 54.6 Å². The number of quaternary nitrogens is 1. The maximum atomic E-state index is 12.4. The van der Waals surface area contributed by atoms with E-state index < -0.39 is 0 Å². The number of carbonyl (C=O) groups is 1. The monoisotopic (exact) mass is 296 g/mol. The summed E-state index contributed by atoms with van der Waals surface area (Å²) in [7, 11) is 4.53. The summed E-state index contributed by atoms with van der Waals surface area (Å²) in [6.07, 6.45) is 2.48. The van der Waals surface area contributed by atoms with E-state index in [9.17, 15) is 4.79 Å². The minimum Gasteiger partial charge on any atom is -0.325 e. The van der Waals surface area contributed by atoms with Crippen molar-refractivity contribution in [2.45, 2.75) is 26.3 Å². The zero-order valence-electron chi connectivity index (χ0n) is 13.9. The molecule has 0 bridgehead atoms. The molecule has 0 saturated carbocycles. The Labute approximate surface area is 134 Å². The van der Waals surface area contributed by atoms with Crippen LogP contribution in [0.5, 0.6) is 0 Å². The summed E-state index contributed by atoms with van der Waals surface area (Å²) in [5.74, 6) is 0.0897. The van der Waals surface area contributed by atoms with Gasteiger partial charge in [-0.2, -0.15) is 0 Å². The van der Waals surface area contributed by atoms with Gasteiger partial charge in [-0.1, -0.05) is 67.9 Å². The number of carbonyl (C=O) groups excluding carboxylic acids is 1. The Balaban J connectivity index is 2.06. The molecule has 116 valence electrons. The van der Waals surface area contributed by atoms with Gasteiger partial charge in [0.1, 0.15) is 6.54 Å². The number of benzene rings is 2. The fourth-order valence-electron chi connectivity index (χ4n) is 2.68. The van der Waals surface area contributed by atoms with E-state index in [2.05, 4.69) is 33.2 Å². The van der Waals surface area contributed by atoms with Gasteiger partial charge >= 0.3 is 0 Å². The Bertz CT molecular complexity index is 599. The van der Waals surface area contributed by atoms with Gasteiger partial charge in [-0.15, -0.1) is 0 Å². The summed E-state index contributed by atoms with van der Waals surface area (Å²) in [5, 5.41) is 0. The van der Waals surface area contributed by atoms with Crippen molar-refractivity contribution in [3.63, 3.8) is 0 Å². The highest BCUT2D eigenvalue weighted by Gasteiger charge is 2.15. The highest BCUT2D eigenvalue weighted by Crippen LogP contribution is 2.14. The first-order valence-electron chi connectivity index (χ1n) is 8.02. The molecule has 0 aliphatic rings. The van der Waals surface area contributed by atoms with Crippen molar-refractivity contribution in [3.8, 4) is 0 Å². The van der Waals surface area contributed by atoms with E-state index in [1.165, 1.54) is 24.9 Å². The van der Waals surface area contributed by atoms with Crippen LogP contribution in [0, 0.1) is 0 Å². The summed E-state index contributed by atoms with van der Waals surface area (Å²) in [6.45, 7) is 4.41. The lowest BCUT2D eigenvalue weighted by Gasteiger charge is -2.29. The highest BCUT2D eigenvalue weighted by atomic mass is 16.1. The van der Waals surface area contributed by atoms with Gasteiger partial charge in [0.15, 0.2) is 5.78 Å². The molecule has 2 aromatic carbocycles. The third-order valence-corrected chi connectivity index (χ3v) is 3.98. The van der Waals surface area contributed by atoms with Crippen LogP contribution in [0.25, 0.3) is 0 Å². The summed E-state index contributed by atoms with van der Waals surface area (Å²) in [5.41, 5.74) is 2.79. The molecule has 0 saturated heterocycles. The first kappa shape index (κ1) is 16.4. The summed E-state index contributed by atoms with van der Waals surface area (Å²) < 4.78 is 0.986. The third-order valence-electron chi connectivity index (χ3n) is 3.98. The largest absolute Gasteiger partial charge is 0.325 e. The van der Waals surface area contributed by atoms with Gasteiger partial charge < -0.3 is 4.48 Å². The average molecular weight is 296 g/mol. The molecule has 2 nitrogen and oxygen atoms in total. The normalized spacial score (nSPS) is 11.4. The van der Waals surface area contributed by atoms with Crippen LogP contribution in [-0.2, 0) is 6.54 Å². The van der Waals surface area contributed by atoms with Crippen molar-refractivity contribution in [1.29, 1.82) is 0 Å². The van der Waals surface area contributed by atoms with Gasteiger partial charge in [-0.3, -0.25) is 4.79 Å². The fraction of sp³-hybridized carbons (Fsp3) is 0.350. The van der Waals surface area contributed by atoms with Crippen LogP contribution in [-0.4, -0.2) is 30.9 Å². The molecule has 0 aromatic heterocycles. The quantitative estimate of drug-likeness (QED) is 0.550. The average Bonchev–Trinajstić information content (AvgIpc) is 2.53. The van der Waals surface area contributed by atoms with Crippen molar-refractivity contribution in [2.75, 3.05) is 20.6 Å². The molecule has 2 aromatic rings. The summed E-state index contributed by atoms with van der Waals surface area (Å²) in [6, 6.07) is 17.5. The number of nitrogens with zero attached hydrogens (tertiary/aromatic N) is 1. The Morgan fingerprint density at radius 2 is 1.50 bits per heavy atom. The van der Waals surface area contributed by atoms with Crippen molar-refractivity contribution in [3.05, 3.63) is 71.3 Å². The molecular formula is C20H26NO+. The molecule has 0 fully saturated rings. The Morgan fingerprint density at radius 1 is 0.909 bits per heavy atom. The lowest BCUT2D eigenvalue weighted by molar-refractivity contribution is -0.903. The van der Waals surface area contributed by atoms with Gasteiger partial charge in [-0.05, 0) is 6.42 Å². The predicted molar refractivity (Wildman–Crippen MR) is 91.9 cm³/mol. The van der Waals surface area contributed by atoms with Gasteiger partial charge in [0, 0.05) is 16.7 Å². The second-order valence-electron chi connectivity index (χ2n) is 6.56. The molecule has 0 radical (unpaired) electrons. The van der Waals surface area contributed by atoms with E-state index in [4.69, 9.17) is 0 Å². The van der Waals surface area contributed by atoms with E-state index in [1.807, 2.05) is 42.5 Å². The molecule has 0 amide bonds.